The van der Waals surface area contributed by atoms with Gasteiger partial charge in [-0.05, 0) is 98.3 Å². The lowest BCUT2D eigenvalue weighted by molar-refractivity contribution is -0.131. The van der Waals surface area contributed by atoms with Crippen molar-refractivity contribution >= 4 is 17.3 Å². The summed E-state index contributed by atoms with van der Waals surface area (Å²) in [6.07, 6.45) is 10.3. The minimum atomic E-state index is -2.31. The lowest BCUT2D eigenvalue weighted by atomic mass is 9.67. The summed E-state index contributed by atoms with van der Waals surface area (Å²) in [5, 5.41) is 3.70. The first kappa shape index (κ1) is 34.7. The molecule has 0 radical (unpaired) electrons. The van der Waals surface area contributed by atoms with Gasteiger partial charge in [-0.25, -0.2) is 0 Å². The van der Waals surface area contributed by atoms with Crippen molar-refractivity contribution in [2.75, 3.05) is 26.1 Å². The maximum atomic E-state index is 13.5. The molecule has 0 aromatic heterocycles. The van der Waals surface area contributed by atoms with Crippen LogP contribution in [0.5, 0.6) is 0 Å². The SMILES string of the molecule is CC1(C)C2CCC13CCNC3C2.[2H][13C]([2H])(C)[15N]=C(c1ccccc1)c1ccccc1.[2H][13C]([2H])([15N]=C(c1ccccc1)c1ccccc1)[13C](=O)N1CCC23CCC(CC12)C3(C)C. The van der Waals surface area contributed by atoms with E-state index in [9.17, 15) is 4.79 Å². The Labute approximate surface area is 348 Å². The maximum Gasteiger partial charge on any atom is 0.244 e. The van der Waals surface area contributed by atoms with E-state index in [1.165, 1.54) is 45.6 Å². The van der Waals surface area contributed by atoms with Crippen molar-refractivity contribution in [1.29, 1.82) is 0 Å². The third-order valence-corrected chi connectivity index (χ3v) is 15.9. The molecule has 10 rings (SSSR count). The summed E-state index contributed by atoms with van der Waals surface area (Å²) in [6, 6.07) is 39.5. The van der Waals surface area contributed by atoms with Crippen LogP contribution in [0.4, 0.5) is 0 Å². The number of aliphatic imine (C=N–C) groups is 2. The van der Waals surface area contributed by atoms with E-state index in [2.05, 4.69) is 43.0 Å². The highest BCUT2D eigenvalue weighted by molar-refractivity contribution is 6.13. The fraction of sp³-hybridized carbons (Fsp3) is 0.481. The number of likely N-dealkylation sites (tertiary alicyclic amines) is 1. The van der Waals surface area contributed by atoms with Gasteiger partial charge in [0.25, 0.3) is 0 Å². The Kier molecular flexibility index (Phi) is 9.81. The van der Waals surface area contributed by atoms with Crippen molar-refractivity contribution in [3.63, 3.8) is 0 Å². The number of hydrogen-bond donors (Lipinski definition) is 1. The fourth-order valence-corrected chi connectivity index (χ4v) is 12.5. The molecule has 4 aromatic carbocycles. The van der Waals surface area contributed by atoms with Crippen LogP contribution in [0.25, 0.3) is 0 Å². The molecule has 5 nitrogen and oxygen atoms in total. The Morgan fingerprint density at radius 1 is 0.649 bits per heavy atom. The molecule has 1 amide bonds. The number of fused-ring (bicyclic) bond motifs is 2. The minimum Gasteiger partial charge on any atom is -0.337 e. The summed E-state index contributed by atoms with van der Waals surface area (Å²) in [7, 11) is 0. The summed E-state index contributed by atoms with van der Waals surface area (Å²) in [5.74, 6) is 1.17. The molecule has 57 heavy (non-hydrogen) atoms. The largest absolute Gasteiger partial charge is 0.337 e. The highest BCUT2D eigenvalue weighted by atomic mass is 16.2. The minimum absolute atomic E-state index is 0.148. The van der Waals surface area contributed by atoms with E-state index in [1.54, 1.807) is 0 Å². The van der Waals surface area contributed by atoms with Crippen LogP contribution in [-0.4, -0.2) is 60.4 Å². The predicted octanol–water partition coefficient (Wildman–Crippen LogP) is 10.7. The van der Waals surface area contributed by atoms with Gasteiger partial charge in [-0.3, -0.25) is 14.8 Å². The molecule has 6 fully saturated rings. The van der Waals surface area contributed by atoms with Gasteiger partial charge in [0.1, 0.15) is 6.50 Å². The van der Waals surface area contributed by atoms with Gasteiger partial charge in [-0.2, -0.15) is 0 Å². The first-order valence-electron chi connectivity index (χ1n) is 23.4. The van der Waals surface area contributed by atoms with Gasteiger partial charge in [0.15, 0.2) is 0 Å². The van der Waals surface area contributed by atoms with Crippen LogP contribution in [-0.2, 0) is 4.79 Å². The standard InChI is InChI=1S/C26H30N2O.C15H15N.C11H19N/c1-25(2)21-13-14-26(25)15-16-28(22(26)17-21)23(29)18-27-24(19-9-5-3-6-10-19)20-11-7-4-8-12-20;1-2-16-15(13-9-5-3-6-10-13)14-11-7-4-8-12-14;1-10(2)8-3-4-11(10)5-6-12-9(11)7-8/h3-12,21-22H,13-18H2,1-2H3;3-12H,2H2,1H3;8-9,12H,3-7H2,1-2H3/i18+1D2,23+1,27+1;2+1D2,16+1;. The maximum absolute atomic E-state index is 13.5. The second-order valence-corrected chi connectivity index (χ2v) is 18.4. The number of rotatable bonds is 7. The second kappa shape index (κ2) is 16.1. The number of nitrogens with zero attached hydrogens (tertiary/aromatic N) is 3. The molecule has 2 heterocycles. The van der Waals surface area contributed by atoms with E-state index in [1.807, 2.05) is 126 Å². The molecule has 2 saturated heterocycles. The lowest BCUT2D eigenvalue weighted by Gasteiger charge is -2.39. The first-order chi connectivity index (χ1) is 29.0. The molecule has 6 aliphatic rings. The van der Waals surface area contributed by atoms with E-state index in [0.717, 1.165) is 53.5 Å². The molecule has 1 N–H and O–H groups in total. The number of carbonyl (C=O) groups excluding carboxylic acids is 1. The highest BCUT2D eigenvalue weighted by Crippen LogP contribution is 2.70. The molecular formula is C52H64N4O. The topological polar surface area (TPSA) is 57.1 Å². The van der Waals surface area contributed by atoms with Gasteiger partial charge < -0.3 is 10.2 Å². The molecule has 2 aliphatic heterocycles. The smallest absolute Gasteiger partial charge is 0.244 e. The molecule has 4 saturated carbocycles. The Balaban J connectivity index is 0.000000143. The highest BCUT2D eigenvalue weighted by Gasteiger charge is 2.68. The van der Waals surface area contributed by atoms with E-state index >= 15 is 0 Å². The molecule has 298 valence electrons. The van der Waals surface area contributed by atoms with Crippen molar-refractivity contribution in [2.45, 2.75) is 98.1 Å². The van der Waals surface area contributed by atoms with Gasteiger partial charge in [-0.1, -0.05) is 149 Å². The molecule has 4 aromatic rings. The second-order valence-electron chi connectivity index (χ2n) is 18.4. The van der Waals surface area contributed by atoms with Crippen LogP contribution in [0.3, 0.4) is 0 Å². The molecule has 6 atom stereocenters. The van der Waals surface area contributed by atoms with Crippen molar-refractivity contribution < 1.29 is 10.3 Å². The number of benzene rings is 4. The third kappa shape index (κ3) is 7.02. The van der Waals surface area contributed by atoms with Gasteiger partial charge in [0, 0.05) is 47.4 Å². The zero-order valence-electron chi connectivity index (χ0n) is 38.7. The van der Waals surface area contributed by atoms with E-state index in [4.69, 9.17) is 5.48 Å². The zero-order chi connectivity index (χ0) is 43.3. The van der Waals surface area contributed by atoms with Crippen LogP contribution >= 0.6 is 0 Å². The first-order valence-corrected chi connectivity index (χ1v) is 21.4. The number of amides is 1. The predicted molar refractivity (Wildman–Crippen MR) is 236 cm³/mol. The van der Waals surface area contributed by atoms with Crippen LogP contribution in [0, 0.1) is 33.5 Å². The Morgan fingerprint density at radius 2 is 1.11 bits per heavy atom. The average Bonchev–Trinajstić information content (AvgIpc) is 4.07. The van der Waals surface area contributed by atoms with Crippen LogP contribution in [0.2, 0.25) is 0 Å². The number of hydrogen-bond acceptors (Lipinski definition) is 4. The summed E-state index contributed by atoms with van der Waals surface area (Å²) in [5.41, 5.74) is 6.39. The monoisotopic (exact) mass is 770 g/mol. The normalized spacial score (nSPS) is 30.5. The lowest BCUT2D eigenvalue weighted by Crippen LogP contribution is -2.43. The Morgan fingerprint density at radius 3 is 1.56 bits per heavy atom. The van der Waals surface area contributed by atoms with Crippen molar-refractivity contribution in [1.82, 2.24) is 10.2 Å². The van der Waals surface area contributed by atoms with Gasteiger partial charge >= 0.3 is 0 Å². The molecule has 4 aliphatic carbocycles. The van der Waals surface area contributed by atoms with Crippen LogP contribution < -0.4 is 5.32 Å². The van der Waals surface area contributed by atoms with Crippen LogP contribution in [0.1, 0.15) is 114 Å². The van der Waals surface area contributed by atoms with Crippen molar-refractivity contribution in [3.05, 3.63) is 144 Å². The summed E-state index contributed by atoms with van der Waals surface area (Å²) in [6.45, 7) is 9.22. The van der Waals surface area contributed by atoms with E-state index in [0.29, 0.717) is 34.7 Å². The van der Waals surface area contributed by atoms with Gasteiger partial charge in [-0.15, -0.1) is 0 Å². The van der Waals surface area contributed by atoms with E-state index < -0.39 is 18.9 Å². The quantitative estimate of drug-likeness (QED) is 0.116. The molecule has 2 spiro atoms. The van der Waals surface area contributed by atoms with Crippen molar-refractivity contribution in [3.8, 4) is 0 Å². The fourth-order valence-electron chi connectivity index (χ4n) is 12.5. The molecule has 4 bridgehead atoms. The van der Waals surface area contributed by atoms with Gasteiger partial charge in [0.2, 0.25) is 5.91 Å². The molecule has 6 unspecified atom stereocenters. The molecule has 5 heteroatoms. The van der Waals surface area contributed by atoms with Crippen molar-refractivity contribution in [2.24, 2.45) is 43.5 Å². The number of nitrogens with one attached hydrogen (secondary N) is 1. The summed E-state index contributed by atoms with van der Waals surface area (Å²) < 4.78 is 32.7. The Hall–Kier alpha value is -4.35. The summed E-state index contributed by atoms with van der Waals surface area (Å²) in [4.78, 5) is 24.0. The Bertz CT molecular complexity index is 2140. The van der Waals surface area contributed by atoms with Gasteiger partial charge in [0.05, 0.1) is 16.9 Å². The summed E-state index contributed by atoms with van der Waals surface area (Å²) >= 11 is 0. The average molecular weight is 770 g/mol. The van der Waals surface area contributed by atoms with Crippen LogP contribution in [0.15, 0.2) is 131 Å². The third-order valence-electron chi connectivity index (χ3n) is 15.9. The molecular weight excluding hydrogens is 702 g/mol. The van der Waals surface area contributed by atoms with E-state index in [-0.39, 0.29) is 16.9 Å². The zero-order valence-corrected chi connectivity index (χ0v) is 34.7. The number of carbonyl (C=O) groups is 1.